The van der Waals surface area contributed by atoms with Crippen molar-refractivity contribution in [1.82, 2.24) is 9.71 Å². The Morgan fingerprint density at radius 3 is 3.00 bits per heavy atom. The first-order valence-electron chi connectivity index (χ1n) is 4.12. The van der Waals surface area contributed by atoms with Crippen molar-refractivity contribution < 1.29 is 5.21 Å². The van der Waals surface area contributed by atoms with E-state index in [-0.39, 0.29) is 0 Å². The summed E-state index contributed by atoms with van der Waals surface area (Å²) in [5.41, 5.74) is 7.27. The highest BCUT2D eigenvalue weighted by atomic mass is 16.5. The van der Waals surface area contributed by atoms with Crippen molar-refractivity contribution in [3.05, 3.63) is 29.9 Å². The Hall–Kier alpha value is -2.04. The van der Waals surface area contributed by atoms with Gasteiger partial charge in [0.15, 0.2) is 0 Å². The van der Waals surface area contributed by atoms with E-state index in [0.29, 0.717) is 22.4 Å². The number of nitrogens with zero attached hydrogens (tertiary/aromatic N) is 3. The lowest BCUT2D eigenvalue weighted by Gasteiger charge is -2.10. The van der Waals surface area contributed by atoms with E-state index in [1.165, 1.54) is 12.4 Å². The van der Waals surface area contributed by atoms with E-state index in [2.05, 4.69) is 9.98 Å². The third kappa shape index (κ3) is 1.10. The molecule has 1 aliphatic carbocycles. The molecule has 0 saturated carbocycles. The molecule has 1 aliphatic heterocycles. The SMILES string of the molecule is CN=c1ccc(N)c2n(O)ccnc1-2. The first-order valence-corrected chi connectivity index (χ1v) is 4.12. The minimum Gasteiger partial charge on any atom is -0.428 e. The highest BCUT2D eigenvalue weighted by Gasteiger charge is 2.12. The smallest absolute Gasteiger partial charge is 0.130 e. The average Bonchev–Trinajstić information content (AvgIpc) is 2.18. The van der Waals surface area contributed by atoms with Crippen LogP contribution in [-0.2, 0) is 0 Å². The Morgan fingerprint density at radius 1 is 1.50 bits per heavy atom. The first-order chi connectivity index (χ1) is 6.74. The lowest BCUT2D eigenvalue weighted by molar-refractivity contribution is 0.188. The van der Waals surface area contributed by atoms with Crippen molar-refractivity contribution in [1.29, 1.82) is 0 Å². The Labute approximate surface area is 80.5 Å². The fraction of sp³-hybridized carbons (Fsp3) is 0.111. The lowest BCUT2D eigenvalue weighted by atomic mass is 10.1. The van der Waals surface area contributed by atoms with Crippen LogP contribution in [0.15, 0.2) is 29.5 Å². The highest BCUT2D eigenvalue weighted by Crippen LogP contribution is 2.20. The van der Waals surface area contributed by atoms with Gasteiger partial charge in [-0.15, -0.1) is 0 Å². The molecule has 5 nitrogen and oxygen atoms in total. The van der Waals surface area contributed by atoms with Crippen molar-refractivity contribution in [2.45, 2.75) is 0 Å². The number of fused-ring (bicyclic) bond motifs is 1. The quantitative estimate of drug-likeness (QED) is 0.464. The molecule has 0 atom stereocenters. The zero-order valence-electron chi connectivity index (χ0n) is 7.68. The van der Waals surface area contributed by atoms with Gasteiger partial charge in [0.05, 0.1) is 17.2 Å². The maximum Gasteiger partial charge on any atom is 0.130 e. The van der Waals surface area contributed by atoms with Gasteiger partial charge in [0.1, 0.15) is 11.4 Å². The van der Waals surface area contributed by atoms with E-state index in [4.69, 9.17) is 5.73 Å². The molecule has 0 saturated heterocycles. The Balaban J connectivity index is 2.95. The minimum atomic E-state index is 0.475. The van der Waals surface area contributed by atoms with Crippen LogP contribution in [0.25, 0.3) is 11.4 Å². The number of aromatic nitrogens is 2. The van der Waals surface area contributed by atoms with E-state index < -0.39 is 0 Å². The van der Waals surface area contributed by atoms with Crippen LogP contribution in [0.1, 0.15) is 0 Å². The van der Waals surface area contributed by atoms with Gasteiger partial charge < -0.3 is 10.9 Å². The zero-order chi connectivity index (χ0) is 10.1. The summed E-state index contributed by atoms with van der Waals surface area (Å²) < 4.78 is 0.951. The van der Waals surface area contributed by atoms with Crippen LogP contribution in [0, 0.1) is 0 Å². The van der Waals surface area contributed by atoms with E-state index in [1.54, 1.807) is 19.2 Å². The molecule has 3 N–H and O–H groups in total. The largest absolute Gasteiger partial charge is 0.428 e. The monoisotopic (exact) mass is 190 g/mol. The third-order valence-corrected chi connectivity index (χ3v) is 2.04. The van der Waals surface area contributed by atoms with Crippen LogP contribution in [0.2, 0.25) is 0 Å². The van der Waals surface area contributed by atoms with Crippen LogP contribution in [0.3, 0.4) is 0 Å². The van der Waals surface area contributed by atoms with Crippen LogP contribution >= 0.6 is 0 Å². The normalized spacial score (nSPS) is 12.2. The van der Waals surface area contributed by atoms with Crippen molar-refractivity contribution in [2.24, 2.45) is 4.99 Å². The molecule has 0 spiro atoms. The maximum atomic E-state index is 9.53. The number of nitrogen functional groups attached to an aromatic ring is 1. The molecule has 0 amide bonds. The number of anilines is 1. The molecule has 0 bridgehead atoms. The third-order valence-electron chi connectivity index (χ3n) is 2.04. The maximum absolute atomic E-state index is 9.53. The van der Waals surface area contributed by atoms with Gasteiger partial charge >= 0.3 is 0 Å². The summed E-state index contributed by atoms with van der Waals surface area (Å²) in [5, 5.41) is 10.2. The average molecular weight is 190 g/mol. The van der Waals surface area contributed by atoms with Gasteiger partial charge in [-0.2, -0.15) is 4.73 Å². The van der Waals surface area contributed by atoms with E-state index >= 15 is 0 Å². The molecule has 0 fully saturated rings. The molecule has 2 aliphatic rings. The van der Waals surface area contributed by atoms with Gasteiger partial charge in [-0.25, -0.2) is 0 Å². The van der Waals surface area contributed by atoms with Crippen molar-refractivity contribution in [3.63, 3.8) is 0 Å². The molecular formula is C9H10N4O. The summed E-state index contributed by atoms with van der Waals surface area (Å²) in [6.07, 6.45) is 2.93. The number of hydrogen-bond acceptors (Lipinski definition) is 4. The van der Waals surface area contributed by atoms with Gasteiger partial charge in [0.25, 0.3) is 0 Å². The summed E-state index contributed by atoms with van der Waals surface area (Å²) in [5.74, 6) is 0. The van der Waals surface area contributed by atoms with E-state index in [9.17, 15) is 5.21 Å². The zero-order valence-corrected chi connectivity index (χ0v) is 7.68. The van der Waals surface area contributed by atoms with Crippen LogP contribution < -0.4 is 11.1 Å². The second kappa shape index (κ2) is 3.02. The minimum absolute atomic E-state index is 0.475. The second-order valence-electron chi connectivity index (χ2n) is 2.87. The summed E-state index contributed by atoms with van der Waals surface area (Å²) in [6.45, 7) is 0. The summed E-state index contributed by atoms with van der Waals surface area (Å²) in [7, 11) is 1.67. The number of benzene rings is 1. The molecule has 0 radical (unpaired) electrons. The summed E-state index contributed by atoms with van der Waals surface area (Å²) in [4.78, 5) is 8.16. The number of nitrogens with two attached hydrogens (primary N) is 1. The van der Waals surface area contributed by atoms with E-state index in [0.717, 1.165) is 4.73 Å². The van der Waals surface area contributed by atoms with Gasteiger partial charge in [0, 0.05) is 13.2 Å². The van der Waals surface area contributed by atoms with Crippen molar-refractivity contribution in [2.75, 3.05) is 12.8 Å². The molecule has 14 heavy (non-hydrogen) atoms. The van der Waals surface area contributed by atoms with Crippen LogP contribution in [0.4, 0.5) is 5.69 Å². The van der Waals surface area contributed by atoms with Crippen LogP contribution in [-0.4, -0.2) is 22.0 Å². The molecule has 0 aromatic heterocycles. The molecule has 0 aromatic rings. The second-order valence-corrected chi connectivity index (χ2v) is 2.87. The molecule has 1 heterocycles. The first kappa shape index (κ1) is 8.55. The Morgan fingerprint density at radius 2 is 2.29 bits per heavy atom. The number of hydrogen-bond donors (Lipinski definition) is 2. The van der Waals surface area contributed by atoms with Gasteiger partial charge in [-0.1, -0.05) is 0 Å². The molecule has 0 unspecified atom stereocenters. The molecule has 0 aromatic carbocycles. The topological polar surface area (TPSA) is 76.4 Å². The van der Waals surface area contributed by atoms with Crippen LogP contribution in [0.5, 0.6) is 0 Å². The highest BCUT2D eigenvalue weighted by molar-refractivity contribution is 5.70. The predicted octanol–water partition coefficient (Wildman–Crippen LogP) is 0.338. The van der Waals surface area contributed by atoms with Gasteiger partial charge in [-0.3, -0.25) is 9.98 Å². The van der Waals surface area contributed by atoms with Gasteiger partial charge in [-0.05, 0) is 12.1 Å². The molecular weight excluding hydrogens is 180 g/mol. The molecule has 2 rings (SSSR count). The Bertz CT molecular complexity index is 503. The lowest BCUT2D eigenvalue weighted by Crippen LogP contribution is -2.15. The standard InChI is InChI=1S/C9H10N4O/c1-11-7-3-2-6(10)9-8(7)12-4-5-13(9)14/h2-5,14H,10H2,1H3. The van der Waals surface area contributed by atoms with Crippen molar-refractivity contribution >= 4 is 5.69 Å². The fourth-order valence-electron chi connectivity index (χ4n) is 1.38. The summed E-state index contributed by atoms with van der Waals surface area (Å²) in [6, 6.07) is 3.46. The van der Waals surface area contributed by atoms with Crippen molar-refractivity contribution in [3.8, 4) is 11.4 Å². The van der Waals surface area contributed by atoms with E-state index in [1.807, 2.05) is 0 Å². The predicted molar refractivity (Wildman–Crippen MR) is 51.9 cm³/mol. The summed E-state index contributed by atoms with van der Waals surface area (Å²) >= 11 is 0. The van der Waals surface area contributed by atoms with Gasteiger partial charge in [0.2, 0.25) is 0 Å². The number of rotatable bonds is 0. The fourth-order valence-corrected chi connectivity index (χ4v) is 1.38. The molecule has 5 heteroatoms. The molecule has 72 valence electrons. The Kier molecular flexibility index (Phi) is 1.85.